The maximum Gasteiger partial charge on any atom is 0.147 e. The third-order valence-corrected chi connectivity index (χ3v) is 3.09. The van der Waals surface area contributed by atoms with Gasteiger partial charge in [0.15, 0.2) is 0 Å². The van der Waals surface area contributed by atoms with Crippen LogP contribution < -0.4 is 4.74 Å². The maximum absolute atomic E-state index is 5.51. The van der Waals surface area contributed by atoms with E-state index in [1.807, 2.05) is 12.1 Å². The number of hydrogen-bond donors (Lipinski definition) is 0. The Morgan fingerprint density at radius 2 is 1.79 bits per heavy atom. The fraction of sp³-hybridized carbons (Fsp3) is 0.200. The van der Waals surface area contributed by atoms with Crippen molar-refractivity contribution >= 4 is 47.8 Å². The molecule has 0 radical (unpaired) electrons. The molecule has 0 atom stereocenters. The molecule has 14 heavy (non-hydrogen) atoms. The monoisotopic (exact) mass is 380 g/mol. The van der Waals surface area contributed by atoms with Crippen molar-refractivity contribution in [2.45, 2.75) is 6.42 Å². The molecule has 0 aliphatic rings. The number of benzene rings is 1. The molecule has 0 saturated heterocycles. The minimum Gasteiger partial charge on any atom is -0.490 e. The van der Waals surface area contributed by atoms with Gasteiger partial charge in [-0.2, -0.15) is 0 Å². The van der Waals surface area contributed by atoms with Crippen molar-refractivity contribution in [2.75, 3.05) is 6.61 Å². The fourth-order valence-electron chi connectivity index (χ4n) is 0.879. The number of ether oxygens (including phenoxy) is 1. The van der Waals surface area contributed by atoms with Crippen LogP contribution in [-0.4, -0.2) is 6.61 Å². The molecule has 0 bridgehead atoms. The van der Waals surface area contributed by atoms with Crippen LogP contribution in [0.2, 0.25) is 0 Å². The van der Waals surface area contributed by atoms with Gasteiger partial charge in [0.05, 0.1) is 15.6 Å². The van der Waals surface area contributed by atoms with E-state index in [0.29, 0.717) is 13.0 Å². The van der Waals surface area contributed by atoms with Gasteiger partial charge in [0.2, 0.25) is 0 Å². The van der Waals surface area contributed by atoms with Crippen LogP contribution in [0.4, 0.5) is 0 Å². The van der Waals surface area contributed by atoms with Crippen LogP contribution in [0.1, 0.15) is 6.42 Å². The summed E-state index contributed by atoms with van der Waals surface area (Å²) in [4.78, 5) is 0. The molecule has 1 aromatic carbocycles. The summed E-state index contributed by atoms with van der Waals surface area (Å²) in [7, 11) is 0. The van der Waals surface area contributed by atoms with E-state index in [1.165, 1.54) is 0 Å². The van der Waals surface area contributed by atoms with Gasteiger partial charge in [0, 0.05) is 10.9 Å². The SMILES string of the molecule is C#CCCOc1c(Br)cc(Br)cc1Br. The summed E-state index contributed by atoms with van der Waals surface area (Å²) < 4.78 is 8.29. The highest BCUT2D eigenvalue weighted by Gasteiger charge is 2.07. The first-order chi connectivity index (χ1) is 6.65. The zero-order valence-electron chi connectivity index (χ0n) is 7.19. The lowest BCUT2D eigenvalue weighted by Crippen LogP contribution is -1.97. The van der Waals surface area contributed by atoms with Crippen LogP contribution in [0.15, 0.2) is 25.6 Å². The summed E-state index contributed by atoms with van der Waals surface area (Å²) >= 11 is 10.2. The third kappa shape index (κ3) is 3.30. The van der Waals surface area contributed by atoms with E-state index < -0.39 is 0 Å². The molecule has 74 valence electrons. The number of hydrogen-bond acceptors (Lipinski definition) is 1. The molecule has 0 heterocycles. The second-order valence-electron chi connectivity index (χ2n) is 2.50. The van der Waals surface area contributed by atoms with E-state index in [0.717, 1.165) is 19.2 Å². The van der Waals surface area contributed by atoms with Crippen molar-refractivity contribution in [1.82, 2.24) is 0 Å². The van der Waals surface area contributed by atoms with Gasteiger partial charge < -0.3 is 4.74 Å². The molecule has 1 aromatic rings. The lowest BCUT2D eigenvalue weighted by Gasteiger charge is -2.09. The van der Waals surface area contributed by atoms with Crippen LogP contribution in [0, 0.1) is 12.3 Å². The van der Waals surface area contributed by atoms with Gasteiger partial charge in [-0.25, -0.2) is 0 Å². The van der Waals surface area contributed by atoms with E-state index in [1.54, 1.807) is 0 Å². The van der Waals surface area contributed by atoms with Gasteiger partial charge in [-0.3, -0.25) is 0 Å². The highest BCUT2D eigenvalue weighted by Crippen LogP contribution is 2.36. The third-order valence-electron chi connectivity index (χ3n) is 1.46. The van der Waals surface area contributed by atoms with E-state index in [2.05, 4.69) is 53.7 Å². The van der Waals surface area contributed by atoms with Gasteiger partial charge in [-0.05, 0) is 44.0 Å². The van der Waals surface area contributed by atoms with Gasteiger partial charge in [-0.1, -0.05) is 15.9 Å². The van der Waals surface area contributed by atoms with Crippen LogP contribution >= 0.6 is 47.8 Å². The predicted molar refractivity (Wildman–Crippen MR) is 68.5 cm³/mol. The first-order valence-corrected chi connectivity index (χ1v) is 6.24. The van der Waals surface area contributed by atoms with Crippen LogP contribution in [0.3, 0.4) is 0 Å². The largest absolute Gasteiger partial charge is 0.490 e. The van der Waals surface area contributed by atoms with Crippen molar-refractivity contribution < 1.29 is 4.74 Å². The highest BCUT2D eigenvalue weighted by atomic mass is 79.9. The molecule has 0 fully saturated rings. The fourth-order valence-corrected chi connectivity index (χ4v) is 3.37. The number of rotatable bonds is 3. The molecule has 0 aliphatic heterocycles. The molecule has 0 amide bonds. The van der Waals surface area contributed by atoms with Crippen LogP contribution in [0.5, 0.6) is 5.75 Å². The Morgan fingerprint density at radius 1 is 1.21 bits per heavy atom. The Balaban J connectivity index is 2.81. The van der Waals surface area contributed by atoms with Crippen molar-refractivity contribution in [3.8, 4) is 18.1 Å². The molecular weight excluding hydrogens is 376 g/mol. The maximum atomic E-state index is 5.51. The van der Waals surface area contributed by atoms with Gasteiger partial charge in [-0.15, -0.1) is 12.3 Å². The molecule has 1 nitrogen and oxygen atoms in total. The van der Waals surface area contributed by atoms with Gasteiger partial charge >= 0.3 is 0 Å². The second kappa shape index (κ2) is 5.79. The Hall–Kier alpha value is 0.0200. The molecule has 0 saturated carbocycles. The summed E-state index contributed by atoms with van der Waals surface area (Å²) in [6.45, 7) is 0.523. The Bertz CT molecular complexity index is 345. The Labute approximate surface area is 109 Å². The normalized spacial score (nSPS) is 9.57. The van der Waals surface area contributed by atoms with Crippen molar-refractivity contribution in [3.63, 3.8) is 0 Å². The van der Waals surface area contributed by atoms with E-state index in [9.17, 15) is 0 Å². The summed E-state index contributed by atoms with van der Waals surface area (Å²) in [5.74, 6) is 3.30. The minimum absolute atomic E-state index is 0.523. The van der Waals surface area contributed by atoms with E-state index in [-0.39, 0.29) is 0 Å². The molecule has 4 heteroatoms. The average molecular weight is 383 g/mol. The lowest BCUT2D eigenvalue weighted by molar-refractivity contribution is 0.323. The van der Waals surface area contributed by atoms with Gasteiger partial charge in [0.25, 0.3) is 0 Å². The quantitative estimate of drug-likeness (QED) is 0.557. The first-order valence-electron chi connectivity index (χ1n) is 3.86. The zero-order valence-corrected chi connectivity index (χ0v) is 11.9. The van der Waals surface area contributed by atoms with Crippen LogP contribution in [0.25, 0.3) is 0 Å². The molecule has 0 N–H and O–H groups in total. The van der Waals surface area contributed by atoms with Gasteiger partial charge in [0.1, 0.15) is 5.75 Å². The molecule has 0 spiro atoms. The standard InChI is InChI=1S/C10H7Br3O/c1-2-3-4-14-10-8(12)5-7(11)6-9(10)13/h1,5-6H,3-4H2. The molecule has 1 rings (SSSR count). The number of halogens is 3. The summed E-state index contributed by atoms with van der Waals surface area (Å²) in [6, 6.07) is 3.85. The Morgan fingerprint density at radius 3 is 2.29 bits per heavy atom. The van der Waals surface area contributed by atoms with Crippen molar-refractivity contribution in [2.24, 2.45) is 0 Å². The Kier molecular flexibility index (Phi) is 5.00. The van der Waals surface area contributed by atoms with E-state index >= 15 is 0 Å². The summed E-state index contributed by atoms with van der Waals surface area (Å²) in [5, 5.41) is 0. The average Bonchev–Trinajstić information content (AvgIpc) is 2.09. The lowest BCUT2D eigenvalue weighted by atomic mass is 10.3. The van der Waals surface area contributed by atoms with Crippen LogP contribution in [-0.2, 0) is 0 Å². The summed E-state index contributed by atoms with van der Waals surface area (Å²) in [6.07, 6.45) is 5.74. The second-order valence-corrected chi connectivity index (χ2v) is 5.13. The highest BCUT2D eigenvalue weighted by molar-refractivity contribution is 9.11. The van der Waals surface area contributed by atoms with E-state index in [4.69, 9.17) is 11.2 Å². The topological polar surface area (TPSA) is 9.23 Å². The molecular formula is C10H7Br3O. The minimum atomic E-state index is 0.523. The molecule has 0 aliphatic carbocycles. The summed E-state index contributed by atoms with van der Waals surface area (Å²) in [5.41, 5.74) is 0. The van der Waals surface area contributed by atoms with Crippen molar-refractivity contribution in [1.29, 1.82) is 0 Å². The zero-order chi connectivity index (χ0) is 10.6. The molecule has 0 unspecified atom stereocenters. The predicted octanol–water partition coefficient (Wildman–Crippen LogP) is 4.38. The number of terminal acetylenes is 1. The molecule has 0 aromatic heterocycles. The van der Waals surface area contributed by atoms with Crippen molar-refractivity contribution in [3.05, 3.63) is 25.6 Å². The smallest absolute Gasteiger partial charge is 0.147 e. The first kappa shape index (κ1) is 12.1.